The van der Waals surface area contributed by atoms with Gasteiger partial charge in [0.1, 0.15) is 6.29 Å². The molecule has 0 saturated heterocycles. The highest BCUT2D eigenvalue weighted by Crippen LogP contribution is 2.01. The summed E-state index contributed by atoms with van der Waals surface area (Å²) >= 11 is 0. The van der Waals surface area contributed by atoms with Crippen molar-refractivity contribution in [3.05, 3.63) is 0 Å². The van der Waals surface area contributed by atoms with E-state index < -0.39 is 0 Å². The molecule has 1 amide bonds. The van der Waals surface area contributed by atoms with Gasteiger partial charge < -0.3 is 19.6 Å². The summed E-state index contributed by atoms with van der Waals surface area (Å²) in [6.07, 6.45) is 2.57. The van der Waals surface area contributed by atoms with E-state index in [0.29, 0.717) is 32.3 Å². The molecule has 0 aromatic heterocycles. The maximum Gasteiger partial charge on any atom is 0.235 e. The first-order valence-electron chi connectivity index (χ1n) is 7.96. The van der Waals surface area contributed by atoms with E-state index in [9.17, 15) is 9.59 Å². The van der Waals surface area contributed by atoms with Gasteiger partial charge in [-0.1, -0.05) is 20.8 Å². The Bertz CT molecular complexity index is 288. The molecule has 0 bridgehead atoms. The fraction of sp³-hybridized carbons (Fsp3) is 0.867. The van der Waals surface area contributed by atoms with Gasteiger partial charge in [0.05, 0.1) is 32.4 Å². The van der Waals surface area contributed by atoms with Gasteiger partial charge in [-0.3, -0.25) is 4.79 Å². The van der Waals surface area contributed by atoms with Crippen molar-refractivity contribution in [3.8, 4) is 0 Å². The Kier molecular flexibility index (Phi) is 14.2. The van der Waals surface area contributed by atoms with Gasteiger partial charge in [0, 0.05) is 13.2 Å². The molecule has 0 rings (SSSR count). The number of hydrogen-bond acceptors (Lipinski definition) is 6. The minimum Gasteiger partial charge on any atom is -0.379 e. The van der Waals surface area contributed by atoms with Crippen LogP contribution in [0.15, 0.2) is 0 Å². The molecular formula is C15H31N3O4. The summed E-state index contributed by atoms with van der Waals surface area (Å²) in [7, 11) is 0. The van der Waals surface area contributed by atoms with Gasteiger partial charge in [-0.25, -0.2) is 10.9 Å². The lowest BCUT2D eigenvalue weighted by Gasteiger charge is -2.15. The van der Waals surface area contributed by atoms with Crippen LogP contribution >= 0.6 is 0 Å². The second kappa shape index (κ2) is 14.9. The quantitative estimate of drug-likeness (QED) is 0.228. The number of aldehydes is 1. The van der Waals surface area contributed by atoms with Gasteiger partial charge in [-0.05, 0) is 18.8 Å². The summed E-state index contributed by atoms with van der Waals surface area (Å²) in [4.78, 5) is 22.4. The first-order chi connectivity index (χ1) is 10.6. The smallest absolute Gasteiger partial charge is 0.235 e. The zero-order chi connectivity index (χ0) is 16.6. The maximum absolute atomic E-state index is 11.5. The molecule has 0 heterocycles. The number of ether oxygens (including phenoxy) is 2. The SMILES string of the molecule is CCCOCCOCCNC(=O)CNN[C@H](C=O)CC(C)C. The third-order valence-electron chi connectivity index (χ3n) is 2.72. The van der Waals surface area contributed by atoms with Crippen molar-refractivity contribution in [1.82, 2.24) is 16.2 Å². The van der Waals surface area contributed by atoms with Gasteiger partial charge in [-0.2, -0.15) is 0 Å². The highest BCUT2D eigenvalue weighted by atomic mass is 16.5. The molecule has 1 atom stereocenters. The van der Waals surface area contributed by atoms with Crippen LogP contribution in [0.2, 0.25) is 0 Å². The van der Waals surface area contributed by atoms with E-state index in [2.05, 4.69) is 23.1 Å². The summed E-state index contributed by atoms with van der Waals surface area (Å²) in [5.74, 6) is 0.268. The average Bonchev–Trinajstić information content (AvgIpc) is 2.48. The van der Waals surface area contributed by atoms with Crippen molar-refractivity contribution < 1.29 is 19.1 Å². The minimum atomic E-state index is -0.278. The summed E-state index contributed by atoms with van der Waals surface area (Å²) in [6, 6.07) is -0.278. The lowest BCUT2D eigenvalue weighted by atomic mass is 10.1. The van der Waals surface area contributed by atoms with E-state index >= 15 is 0 Å². The topological polar surface area (TPSA) is 88.7 Å². The highest BCUT2D eigenvalue weighted by Gasteiger charge is 2.09. The molecule has 130 valence electrons. The largest absolute Gasteiger partial charge is 0.379 e. The van der Waals surface area contributed by atoms with Crippen molar-refractivity contribution in [2.24, 2.45) is 5.92 Å². The Morgan fingerprint density at radius 1 is 1.14 bits per heavy atom. The van der Waals surface area contributed by atoms with Gasteiger partial charge in [0.2, 0.25) is 5.91 Å². The molecule has 0 aliphatic heterocycles. The van der Waals surface area contributed by atoms with Crippen LogP contribution in [0.4, 0.5) is 0 Å². The molecule has 22 heavy (non-hydrogen) atoms. The Morgan fingerprint density at radius 3 is 2.41 bits per heavy atom. The van der Waals surface area contributed by atoms with E-state index in [1.54, 1.807) is 0 Å². The lowest BCUT2D eigenvalue weighted by Crippen LogP contribution is -2.47. The predicted octanol–water partition coefficient (Wildman–Crippen LogP) is 0.254. The Balaban J connectivity index is 3.44. The number of amides is 1. The Morgan fingerprint density at radius 2 is 1.82 bits per heavy atom. The standard InChI is InChI=1S/C15H31N3O4/c1-4-6-21-8-9-22-7-5-16-15(20)11-17-18-14(12-19)10-13(2)3/h12-14,17-18H,4-11H2,1-3H3,(H,16,20)/t14-/m0/s1. The molecule has 0 fully saturated rings. The van der Waals surface area contributed by atoms with Crippen molar-refractivity contribution in [1.29, 1.82) is 0 Å². The van der Waals surface area contributed by atoms with Crippen molar-refractivity contribution in [3.63, 3.8) is 0 Å². The van der Waals surface area contributed by atoms with Crippen LogP contribution in [0.25, 0.3) is 0 Å². The number of hydrazine groups is 1. The summed E-state index contributed by atoms with van der Waals surface area (Å²) in [5.41, 5.74) is 5.60. The molecule has 7 nitrogen and oxygen atoms in total. The third kappa shape index (κ3) is 13.9. The van der Waals surface area contributed by atoms with Crippen LogP contribution in [0.5, 0.6) is 0 Å². The van der Waals surface area contributed by atoms with Crippen molar-refractivity contribution in [2.75, 3.05) is 39.5 Å². The van der Waals surface area contributed by atoms with Gasteiger partial charge in [0.25, 0.3) is 0 Å². The molecule has 0 spiro atoms. The van der Waals surface area contributed by atoms with E-state index in [-0.39, 0.29) is 18.5 Å². The minimum absolute atomic E-state index is 0.113. The number of carbonyl (C=O) groups is 2. The van der Waals surface area contributed by atoms with Crippen LogP contribution in [0.3, 0.4) is 0 Å². The van der Waals surface area contributed by atoms with E-state index in [1.807, 2.05) is 13.8 Å². The Hall–Kier alpha value is -1.02. The maximum atomic E-state index is 11.5. The first kappa shape index (κ1) is 21.0. The fourth-order valence-electron chi connectivity index (χ4n) is 1.71. The van der Waals surface area contributed by atoms with Crippen LogP contribution in [0.1, 0.15) is 33.6 Å². The van der Waals surface area contributed by atoms with Crippen molar-refractivity contribution >= 4 is 12.2 Å². The molecule has 7 heteroatoms. The summed E-state index contributed by atoms with van der Waals surface area (Å²) in [5, 5.41) is 2.72. The van der Waals surface area contributed by atoms with Crippen LogP contribution in [-0.4, -0.2) is 57.8 Å². The molecule has 0 aliphatic rings. The lowest BCUT2D eigenvalue weighted by molar-refractivity contribution is -0.121. The molecule has 0 aromatic rings. The molecule has 0 radical (unpaired) electrons. The number of nitrogens with one attached hydrogen (secondary N) is 3. The summed E-state index contributed by atoms with van der Waals surface area (Å²) in [6.45, 7) is 9.02. The number of rotatable bonds is 15. The molecule has 0 aromatic carbocycles. The monoisotopic (exact) mass is 317 g/mol. The van der Waals surface area contributed by atoms with Gasteiger partial charge >= 0.3 is 0 Å². The second-order valence-electron chi connectivity index (χ2n) is 5.44. The summed E-state index contributed by atoms with van der Waals surface area (Å²) < 4.78 is 10.6. The second-order valence-corrected chi connectivity index (χ2v) is 5.44. The van der Waals surface area contributed by atoms with Crippen LogP contribution in [0, 0.1) is 5.92 Å². The van der Waals surface area contributed by atoms with Crippen molar-refractivity contribution in [2.45, 2.75) is 39.7 Å². The van der Waals surface area contributed by atoms with E-state index in [4.69, 9.17) is 9.47 Å². The zero-order valence-electron chi connectivity index (χ0n) is 14.0. The third-order valence-corrected chi connectivity index (χ3v) is 2.72. The fourth-order valence-corrected chi connectivity index (χ4v) is 1.71. The first-order valence-corrected chi connectivity index (χ1v) is 7.96. The predicted molar refractivity (Wildman–Crippen MR) is 85.4 cm³/mol. The van der Waals surface area contributed by atoms with Gasteiger partial charge in [-0.15, -0.1) is 0 Å². The highest BCUT2D eigenvalue weighted by molar-refractivity contribution is 5.77. The van der Waals surface area contributed by atoms with Crippen LogP contribution < -0.4 is 16.2 Å². The van der Waals surface area contributed by atoms with E-state index in [1.165, 1.54) is 0 Å². The van der Waals surface area contributed by atoms with E-state index in [0.717, 1.165) is 25.7 Å². The average molecular weight is 317 g/mol. The normalized spacial score (nSPS) is 12.4. The molecule has 0 saturated carbocycles. The zero-order valence-corrected chi connectivity index (χ0v) is 14.0. The molecule has 0 unspecified atom stereocenters. The molecule has 3 N–H and O–H groups in total. The van der Waals surface area contributed by atoms with Gasteiger partial charge in [0.15, 0.2) is 0 Å². The Labute approximate surface area is 133 Å². The van der Waals surface area contributed by atoms with Crippen LogP contribution in [-0.2, 0) is 19.1 Å². The number of carbonyl (C=O) groups excluding carboxylic acids is 2. The molecular weight excluding hydrogens is 286 g/mol. The number of hydrogen-bond donors (Lipinski definition) is 3. The molecule has 0 aliphatic carbocycles.